The second-order valence-corrected chi connectivity index (χ2v) is 4.57. The van der Waals surface area contributed by atoms with E-state index in [2.05, 4.69) is 4.98 Å². The number of pyridine rings is 1. The van der Waals surface area contributed by atoms with Crippen LogP contribution in [-0.2, 0) is 12.0 Å². The number of hydrogen-bond donors (Lipinski definition) is 1. The highest BCUT2D eigenvalue weighted by atomic mass is 16.3. The number of aryl methyl sites for hydroxylation is 2. The molecule has 2 heterocycles. The molecule has 0 saturated heterocycles. The first-order chi connectivity index (χ1) is 7.65. The summed E-state index contributed by atoms with van der Waals surface area (Å²) in [5.41, 5.74) is 3.02. The standard InChI is InChI=1S/C13H15NO2/c1-3-13(15)6-4-10-11-9(5-7-16-11)8(2)14-12(10)13/h5,7,15H,3-4,6H2,1-2H3. The maximum atomic E-state index is 10.5. The number of aliphatic hydroxyl groups is 1. The fraction of sp³-hybridized carbons (Fsp3) is 0.462. The molecule has 1 aliphatic rings. The van der Waals surface area contributed by atoms with Crippen LogP contribution >= 0.6 is 0 Å². The van der Waals surface area contributed by atoms with Crippen LogP contribution < -0.4 is 0 Å². The third-order valence-electron chi connectivity index (χ3n) is 3.71. The van der Waals surface area contributed by atoms with Crippen LogP contribution in [0.5, 0.6) is 0 Å². The SMILES string of the molecule is CCC1(O)CCc2c1nc(C)c1ccoc21. The number of aromatic nitrogens is 1. The molecule has 0 spiro atoms. The van der Waals surface area contributed by atoms with Gasteiger partial charge in [0, 0.05) is 16.6 Å². The van der Waals surface area contributed by atoms with Gasteiger partial charge in [-0.25, -0.2) is 0 Å². The monoisotopic (exact) mass is 217 g/mol. The predicted molar refractivity (Wildman–Crippen MR) is 61.3 cm³/mol. The summed E-state index contributed by atoms with van der Waals surface area (Å²) < 4.78 is 5.53. The van der Waals surface area contributed by atoms with Crippen molar-refractivity contribution in [1.29, 1.82) is 0 Å². The van der Waals surface area contributed by atoms with Crippen molar-refractivity contribution in [1.82, 2.24) is 4.98 Å². The van der Waals surface area contributed by atoms with E-state index in [1.54, 1.807) is 6.26 Å². The van der Waals surface area contributed by atoms with Crippen molar-refractivity contribution in [3.05, 3.63) is 29.3 Å². The minimum Gasteiger partial charge on any atom is -0.464 e. The zero-order valence-electron chi connectivity index (χ0n) is 9.58. The first-order valence-electron chi connectivity index (χ1n) is 5.75. The van der Waals surface area contributed by atoms with Gasteiger partial charge in [-0.3, -0.25) is 4.98 Å². The summed E-state index contributed by atoms with van der Waals surface area (Å²) >= 11 is 0. The van der Waals surface area contributed by atoms with Crippen LogP contribution in [0.3, 0.4) is 0 Å². The normalized spacial score (nSPS) is 23.9. The molecule has 0 radical (unpaired) electrons. The molecular weight excluding hydrogens is 202 g/mol. The van der Waals surface area contributed by atoms with Crippen LogP contribution in [0.2, 0.25) is 0 Å². The minimum absolute atomic E-state index is 0.707. The summed E-state index contributed by atoms with van der Waals surface area (Å²) in [4.78, 5) is 4.57. The van der Waals surface area contributed by atoms with Crippen LogP contribution in [0.25, 0.3) is 11.0 Å². The van der Waals surface area contributed by atoms with E-state index in [0.29, 0.717) is 6.42 Å². The third kappa shape index (κ3) is 1.09. The Labute approximate surface area is 94.1 Å². The van der Waals surface area contributed by atoms with Crippen LogP contribution in [0.4, 0.5) is 0 Å². The van der Waals surface area contributed by atoms with Gasteiger partial charge in [0.15, 0.2) is 0 Å². The average Bonchev–Trinajstić information content (AvgIpc) is 2.86. The van der Waals surface area contributed by atoms with Gasteiger partial charge in [0.1, 0.15) is 11.2 Å². The van der Waals surface area contributed by atoms with E-state index in [-0.39, 0.29) is 0 Å². The maximum Gasteiger partial charge on any atom is 0.140 e. The van der Waals surface area contributed by atoms with E-state index in [9.17, 15) is 5.11 Å². The van der Waals surface area contributed by atoms with Gasteiger partial charge in [-0.15, -0.1) is 0 Å². The summed E-state index contributed by atoms with van der Waals surface area (Å²) in [7, 11) is 0. The Kier molecular flexibility index (Phi) is 1.89. The molecule has 1 atom stereocenters. The minimum atomic E-state index is -0.749. The highest BCUT2D eigenvalue weighted by Gasteiger charge is 2.38. The lowest BCUT2D eigenvalue weighted by molar-refractivity contribution is 0.0305. The molecule has 0 aromatic carbocycles. The molecule has 2 aromatic heterocycles. The van der Waals surface area contributed by atoms with Gasteiger partial charge < -0.3 is 9.52 Å². The van der Waals surface area contributed by atoms with Gasteiger partial charge in [0.05, 0.1) is 12.0 Å². The first-order valence-corrected chi connectivity index (χ1v) is 5.75. The Morgan fingerprint density at radius 2 is 2.38 bits per heavy atom. The van der Waals surface area contributed by atoms with E-state index < -0.39 is 5.60 Å². The summed E-state index contributed by atoms with van der Waals surface area (Å²) in [6, 6.07) is 1.95. The molecule has 0 saturated carbocycles. The summed E-state index contributed by atoms with van der Waals surface area (Å²) in [6.07, 6.45) is 4.02. The second-order valence-electron chi connectivity index (χ2n) is 4.57. The average molecular weight is 217 g/mol. The molecule has 0 aliphatic heterocycles. The van der Waals surface area contributed by atoms with E-state index in [1.807, 2.05) is 19.9 Å². The molecule has 0 amide bonds. The quantitative estimate of drug-likeness (QED) is 0.798. The molecule has 0 bridgehead atoms. The number of fused-ring (bicyclic) bond motifs is 3. The molecule has 1 aliphatic carbocycles. The highest BCUT2D eigenvalue weighted by molar-refractivity contribution is 5.83. The van der Waals surface area contributed by atoms with Crippen molar-refractivity contribution in [3.8, 4) is 0 Å². The van der Waals surface area contributed by atoms with Crippen molar-refractivity contribution in [2.24, 2.45) is 0 Å². The lowest BCUT2D eigenvalue weighted by Crippen LogP contribution is -2.22. The third-order valence-corrected chi connectivity index (χ3v) is 3.71. The van der Waals surface area contributed by atoms with Crippen LogP contribution in [-0.4, -0.2) is 10.1 Å². The second kappa shape index (κ2) is 3.08. The van der Waals surface area contributed by atoms with Crippen molar-refractivity contribution in [2.75, 3.05) is 0 Å². The maximum absolute atomic E-state index is 10.5. The lowest BCUT2D eigenvalue weighted by atomic mass is 9.97. The fourth-order valence-corrected chi connectivity index (χ4v) is 2.64. The molecule has 3 nitrogen and oxygen atoms in total. The van der Waals surface area contributed by atoms with E-state index >= 15 is 0 Å². The molecule has 1 unspecified atom stereocenters. The first kappa shape index (κ1) is 9.85. The zero-order chi connectivity index (χ0) is 11.3. The molecule has 0 fully saturated rings. The molecule has 16 heavy (non-hydrogen) atoms. The molecule has 2 aromatic rings. The Balaban J connectivity index is 2.36. The molecule has 1 N–H and O–H groups in total. The van der Waals surface area contributed by atoms with Crippen LogP contribution in [0.15, 0.2) is 16.7 Å². The molecule has 3 heteroatoms. The van der Waals surface area contributed by atoms with Gasteiger partial charge in [0.2, 0.25) is 0 Å². The number of rotatable bonds is 1. The van der Waals surface area contributed by atoms with Crippen LogP contribution in [0, 0.1) is 6.92 Å². The highest BCUT2D eigenvalue weighted by Crippen LogP contribution is 2.41. The molecule has 3 rings (SSSR count). The van der Waals surface area contributed by atoms with Crippen molar-refractivity contribution < 1.29 is 9.52 Å². The van der Waals surface area contributed by atoms with Crippen molar-refractivity contribution in [2.45, 2.75) is 38.7 Å². The van der Waals surface area contributed by atoms with Crippen molar-refractivity contribution in [3.63, 3.8) is 0 Å². The van der Waals surface area contributed by atoms with Gasteiger partial charge in [-0.2, -0.15) is 0 Å². The predicted octanol–water partition coefficient (Wildman–Crippen LogP) is 2.68. The fourth-order valence-electron chi connectivity index (χ4n) is 2.64. The topological polar surface area (TPSA) is 46.3 Å². The van der Waals surface area contributed by atoms with Crippen molar-refractivity contribution >= 4 is 11.0 Å². The summed E-state index contributed by atoms with van der Waals surface area (Å²) in [5, 5.41) is 11.5. The smallest absolute Gasteiger partial charge is 0.140 e. The number of furan rings is 1. The number of nitrogens with zero attached hydrogens (tertiary/aromatic N) is 1. The largest absolute Gasteiger partial charge is 0.464 e. The Bertz CT molecular complexity index is 558. The van der Waals surface area contributed by atoms with Gasteiger partial charge in [-0.05, 0) is 32.3 Å². The summed E-state index contributed by atoms with van der Waals surface area (Å²) in [6.45, 7) is 3.96. The Morgan fingerprint density at radius 1 is 1.56 bits per heavy atom. The van der Waals surface area contributed by atoms with Crippen LogP contribution in [0.1, 0.15) is 36.7 Å². The molecular formula is C13H15NO2. The Morgan fingerprint density at radius 3 is 3.12 bits per heavy atom. The lowest BCUT2D eigenvalue weighted by Gasteiger charge is -2.20. The zero-order valence-corrected chi connectivity index (χ0v) is 9.58. The van der Waals surface area contributed by atoms with Gasteiger partial charge in [0.25, 0.3) is 0 Å². The van der Waals surface area contributed by atoms with Gasteiger partial charge >= 0.3 is 0 Å². The van der Waals surface area contributed by atoms with E-state index in [1.165, 1.54) is 0 Å². The number of hydrogen-bond acceptors (Lipinski definition) is 3. The van der Waals surface area contributed by atoms with E-state index in [4.69, 9.17) is 4.42 Å². The van der Waals surface area contributed by atoms with E-state index in [0.717, 1.165) is 40.8 Å². The van der Waals surface area contributed by atoms with Gasteiger partial charge in [-0.1, -0.05) is 6.92 Å². The molecule has 84 valence electrons. The summed E-state index contributed by atoms with van der Waals surface area (Å²) in [5.74, 6) is 0. The Hall–Kier alpha value is -1.35.